The molecule has 0 aliphatic heterocycles. The largest absolute Gasteiger partial charge is 0.449 e. The molecule has 1 aliphatic carbocycles. The van der Waals surface area contributed by atoms with Crippen molar-refractivity contribution < 1.29 is 9.53 Å². The van der Waals surface area contributed by atoms with Gasteiger partial charge in [0.25, 0.3) is 0 Å². The summed E-state index contributed by atoms with van der Waals surface area (Å²) in [5, 5.41) is 1.27. The molecule has 2 rings (SSSR count). The summed E-state index contributed by atoms with van der Waals surface area (Å²) in [6.45, 7) is 4.01. The van der Waals surface area contributed by atoms with Crippen LogP contribution in [0.15, 0.2) is 30.3 Å². The molecule has 1 aromatic rings. The molecule has 102 valence electrons. The van der Waals surface area contributed by atoms with Crippen molar-refractivity contribution in [2.24, 2.45) is 11.3 Å². The number of carbonyl (C=O) groups is 1. The summed E-state index contributed by atoms with van der Waals surface area (Å²) in [6.07, 6.45) is 1.67. The highest BCUT2D eigenvalue weighted by molar-refractivity contribution is 6.61. The third-order valence-corrected chi connectivity index (χ3v) is 4.16. The van der Waals surface area contributed by atoms with E-state index in [0.29, 0.717) is 10.1 Å². The van der Waals surface area contributed by atoms with Crippen molar-refractivity contribution in [3.05, 3.63) is 40.9 Å². The van der Waals surface area contributed by atoms with Gasteiger partial charge >= 0.3 is 5.43 Å². The van der Waals surface area contributed by atoms with E-state index in [4.69, 9.17) is 39.5 Å². The highest BCUT2D eigenvalue weighted by Crippen LogP contribution is 2.56. The summed E-state index contributed by atoms with van der Waals surface area (Å²) in [4.78, 5) is 10.8. The second-order valence-electron chi connectivity index (χ2n) is 5.14. The van der Waals surface area contributed by atoms with E-state index in [1.807, 2.05) is 32.1 Å². The molecule has 0 amide bonds. The molecular formula is C14H13Cl3O2. The number of rotatable bonds is 3. The monoisotopic (exact) mass is 318 g/mol. The van der Waals surface area contributed by atoms with Gasteiger partial charge in [-0.2, -0.15) is 0 Å². The van der Waals surface area contributed by atoms with Crippen molar-refractivity contribution in [3.8, 4) is 0 Å². The van der Waals surface area contributed by atoms with Crippen LogP contribution in [0, 0.1) is 11.3 Å². The number of ether oxygens (including phenoxy) is 1. The van der Waals surface area contributed by atoms with Crippen LogP contribution < -0.4 is 0 Å². The van der Waals surface area contributed by atoms with Crippen molar-refractivity contribution in [2.75, 3.05) is 0 Å². The van der Waals surface area contributed by atoms with Gasteiger partial charge in [0.2, 0.25) is 0 Å². The Kier molecular flexibility index (Phi) is 4.14. The number of carbonyl (C=O) groups excluding carboxylic acids is 1. The fraction of sp³-hybridized carbons (Fsp3) is 0.357. The number of hydrogen-bond donors (Lipinski definition) is 0. The van der Waals surface area contributed by atoms with Gasteiger partial charge in [-0.15, -0.1) is 0 Å². The Hall–Kier alpha value is -0.700. The fourth-order valence-electron chi connectivity index (χ4n) is 2.12. The molecule has 2 nitrogen and oxygen atoms in total. The standard InChI is InChI=1S/C14H13Cl3O2/c1-14(2)10(12(14)19-13(17)18)7-11(16)8-3-5-9(15)6-4-8/h3-7,10,12H,1-2H3. The highest BCUT2D eigenvalue weighted by atomic mass is 35.5. The van der Waals surface area contributed by atoms with Crippen LogP contribution in [0.2, 0.25) is 5.02 Å². The Morgan fingerprint density at radius 1 is 1.26 bits per heavy atom. The third-order valence-electron chi connectivity index (χ3n) is 3.47. The molecule has 0 bridgehead atoms. The minimum absolute atomic E-state index is 0.0679. The van der Waals surface area contributed by atoms with Crippen molar-refractivity contribution >= 4 is 45.3 Å². The first-order valence-electron chi connectivity index (χ1n) is 5.81. The maximum Gasteiger partial charge on any atom is 0.404 e. The van der Waals surface area contributed by atoms with Crippen LogP contribution in [0.3, 0.4) is 0 Å². The van der Waals surface area contributed by atoms with Gasteiger partial charge in [-0.1, -0.05) is 55.3 Å². The SMILES string of the molecule is CC1(C)C(C=C(Cl)c2ccc(Cl)cc2)C1OC(=O)Cl. The Balaban J connectivity index is 2.13. The molecule has 0 aromatic heterocycles. The van der Waals surface area contributed by atoms with Gasteiger partial charge in [-0.25, -0.2) is 4.79 Å². The predicted octanol–water partition coefficient (Wildman–Crippen LogP) is 5.32. The van der Waals surface area contributed by atoms with Gasteiger partial charge in [0.15, 0.2) is 0 Å². The van der Waals surface area contributed by atoms with E-state index in [-0.39, 0.29) is 17.4 Å². The van der Waals surface area contributed by atoms with Gasteiger partial charge in [0, 0.05) is 33.0 Å². The lowest BCUT2D eigenvalue weighted by atomic mass is 10.1. The molecule has 1 fully saturated rings. The summed E-state index contributed by atoms with van der Waals surface area (Å²) in [6, 6.07) is 7.25. The first-order valence-corrected chi connectivity index (χ1v) is 6.95. The molecule has 2 atom stereocenters. The second kappa shape index (κ2) is 5.35. The second-order valence-corrected chi connectivity index (χ2v) is 6.30. The van der Waals surface area contributed by atoms with Crippen LogP contribution >= 0.6 is 34.8 Å². The average molecular weight is 320 g/mol. The maximum atomic E-state index is 10.8. The first-order chi connectivity index (χ1) is 8.82. The maximum absolute atomic E-state index is 10.8. The molecular weight excluding hydrogens is 307 g/mol. The minimum atomic E-state index is -0.781. The molecule has 5 heteroatoms. The molecule has 0 heterocycles. The summed E-state index contributed by atoms with van der Waals surface area (Å²) in [5.74, 6) is 0.0679. The van der Waals surface area contributed by atoms with E-state index in [1.54, 1.807) is 12.1 Å². The molecule has 19 heavy (non-hydrogen) atoms. The van der Waals surface area contributed by atoms with Gasteiger partial charge in [0.05, 0.1) is 0 Å². The third kappa shape index (κ3) is 3.25. The van der Waals surface area contributed by atoms with E-state index in [9.17, 15) is 4.79 Å². The first kappa shape index (κ1) is 14.7. The average Bonchev–Trinajstić information content (AvgIpc) is 2.80. The zero-order valence-electron chi connectivity index (χ0n) is 10.5. The normalized spacial score (nSPS) is 25.0. The fourth-order valence-corrected chi connectivity index (χ4v) is 2.60. The Bertz CT molecular complexity index is 520. The van der Waals surface area contributed by atoms with Gasteiger partial charge in [-0.05, 0) is 17.7 Å². The minimum Gasteiger partial charge on any atom is -0.449 e. The molecule has 1 aromatic carbocycles. The molecule has 0 N–H and O–H groups in total. The van der Waals surface area contributed by atoms with E-state index in [0.717, 1.165) is 5.56 Å². The van der Waals surface area contributed by atoms with Crippen LogP contribution in [-0.4, -0.2) is 11.5 Å². The van der Waals surface area contributed by atoms with Crippen molar-refractivity contribution in [1.29, 1.82) is 0 Å². The predicted molar refractivity (Wildman–Crippen MR) is 78.7 cm³/mol. The van der Waals surface area contributed by atoms with Crippen LogP contribution in [0.4, 0.5) is 4.79 Å². The van der Waals surface area contributed by atoms with E-state index >= 15 is 0 Å². The summed E-state index contributed by atoms with van der Waals surface area (Å²) >= 11 is 17.3. The summed E-state index contributed by atoms with van der Waals surface area (Å²) in [7, 11) is 0. The van der Waals surface area contributed by atoms with Gasteiger partial charge in [-0.3, -0.25) is 0 Å². The van der Waals surface area contributed by atoms with E-state index in [1.165, 1.54) is 0 Å². The molecule has 0 saturated heterocycles. The lowest BCUT2D eigenvalue weighted by Crippen LogP contribution is -2.03. The molecule has 0 radical (unpaired) electrons. The number of benzene rings is 1. The lowest BCUT2D eigenvalue weighted by Gasteiger charge is -2.00. The van der Waals surface area contributed by atoms with Gasteiger partial charge in [0.1, 0.15) is 6.10 Å². The Morgan fingerprint density at radius 3 is 2.37 bits per heavy atom. The van der Waals surface area contributed by atoms with Gasteiger partial charge < -0.3 is 4.74 Å². The van der Waals surface area contributed by atoms with Crippen LogP contribution in [0.5, 0.6) is 0 Å². The Morgan fingerprint density at radius 2 is 1.84 bits per heavy atom. The number of halogens is 3. The lowest BCUT2D eigenvalue weighted by molar-refractivity contribution is 0.150. The molecule has 0 spiro atoms. The van der Waals surface area contributed by atoms with Crippen molar-refractivity contribution in [3.63, 3.8) is 0 Å². The van der Waals surface area contributed by atoms with Crippen molar-refractivity contribution in [1.82, 2.24) is 0 Å². The molecule has 2 unspecified atom stereocenters. The number of hydrogen-bond acceptors (Lipinski definition) is 2. The molecule has 1 aliphatic rings. The van der Waals surface area contributed by atoms with E-state index < -0.39 is 5.43 Å². The van der Waals surface area contributed by atoms with Crippen molar-refractivity contribution in [2.45, 2.75) is 20.0 Å². The summed E-state index contributed by atoms with van der Waals surface area (Å²) in [5.41, 5.74) is -0.0433. The quantitative estimate of drug-likeness (QED) is 0.705. The smallest absolute Gasteiger partial charge is 0.404 e. The topological polar surface area (TPSA) is 26.3 Å². The highest BCUT2D eigenvalue weighted by Gasteiger charge is 2.59. The van der Waals surface area contributed by atoms with Crippen LogP contribution in [0.25, 0.3) is 5.03 Å². The molecule has 1 saturated carbocycles. The zero-order valence-corrected chi connectivity index (χ0v) is 12.8. The zero-order chi connectivity index (χ0) is 14.2. The summed E-state index contributed by atoms with van der Waals surface area (Å²) < 4.78 is 5.05. The Labute approximate surface area is 127 Å². The van der Waals surface area contributed by atoms with Crippen LogP contribution in [-0.2, 0) is 4.74 Å². The van der Waals surface area contributed by atoms with Crippen LogP contribution in [0.1, 0.15) is 19.4 Å². The van der Waals surface area contributed by atoms with E-state index in [2.05, 4.69) is 0 Å².